The Morgan fingerprint density at radius 2 is 1.90 bits per heavy atom. The summed E-state index contributed by atoms with van der Waals surface area (Å²) in [7, 11) is 0. The van der Waals surface area contributed by atoms with Gasteiger partial charge in [0.2, 0.25) is 6.10 Å². The Kier molecular flexibility index (Phi) is 5.63. The molecule has 1 aliphatic rings. The zero-order valence-electron chi connectivity index (χ0n) is 17.4. The minimum atomic E-state index is -5.18. The third-order valence-electron chi connectivity index (χ3n) is 3.44. The highest BCUT2D eigenvalue weighted by atomic mass is 35.5. The second-order valence-corrected chi connectivity index (χ2v) is 5.99. The first-order valence-corrected chi connectivity index (χ1v) is 8.02. The van der Waals surface area contributed by atoms with E-state index in [0.717, 1.165) is 12.1 Å². The summed E-state index contributed by atoms with van der Waals surface area (Å²) >= 11 is 5.87. The zero-order chi connectivity index (χ0) is 25.1. The van der Waals surface area contributed by atoms with E-state index in [2.05, 4.69) is 14.4 Å². The maximum Gasteiger partial charge on any atom is 0.430 e. The van der Waals surface area contributed by atoms with Crippen LogP contribution < -0.4 is 4.74 Å². The van der Waals surface area contributed by atoms with Gasteiger partial charge < -0.3 is 19.1 Å². The molecule has 30 heavy (non-hydrogen) atoms. The number of alkyl halides is 3. The van der Waals surface area contributed by atoms with Crippen LogP contribution in [-0.2, 0) is 19.2 Å². The molecule has 1 aliphatic heterocycles. The Balaban J connectivity index is 2.44. The molecule has 1 aromatic rings. The molecule has 0 radical (unpaired) electrons. The lowest BCUT2D eigenvalue weighted by Crippen LogP contribution is -2.42. The molecule has 1 atom stereocenters. The molecule has 0 amide bonds. The monoisotopic (exact) mass is 459 g/mol. The van der Waals surface area contributed by atoms with Crippen molar-refractivity contribution in [2.75, 3.05) is 13.2 Å². The van der Waals surface area contributed by atoms with Crippen LogP contribution in [0.2, 0.25) is 5.02 Å². The highest BCUT2D eigenvalue weighted by molar-refractivity contribution is 6.32. The highest BCUT2D eigenvalue weighted by Gasteiger charge is 2.49. The van der Waals surface area contributed by atoms with Crippen molar-refractivity contribution in [3.05, 3.63) is 54.1 Å². The van der Waals surface area contributed by atoms with Gasteiger partial charge in [0.25, 0.3) is 10.2 Å². The Bertz CT molecular complexity index is 970. The van der Waals surface area contributed by atoms with Crippen LogP contribution in [0.5, 0.6) is 5.75 Å². The van der Waals surface area contributed by atoms with Gasteiger partial charge in [-0.15, -0.1) is 20.2 Å². The molecule has 0 fully saturated rings. The minimum absolute atomic E-state index is 0.291. The van der Waals surface area contributed by atoms with Gasteiger partial charge in [0.1, 0.15) is 25.1 Å². The van der Waals surface area contributed by atoms with Crippen LogP contribution >= 0.6 is 11.6 Å². The van der Waals surface area contributed by atoms with Crippen molar-refractivity contribution in [3.63, 3.8) is 0 Å². The van der Waals surface area contributed by atoms with Crippen LogP contribution in [0.25, 0.3) is 6.08 Å². The number of fused-ring (bicyclic) bond motifs is 1. The van der Waals surface area contributed by atoms with E-state index >= 15 is 0 Å². The number of hydrogen-bond acceptors (Lipinski definition) is 9. The lowest BCUT2D eigenvalue weighted by atomic mass is 9.99. The SMILES string of the molecule is [2H]C([2H])([2H])c1cc(Cl)c2c(c1)C=C(C(=O)OC(CO[N+](=O)[O-])CO[N+](=O)[O-])[C@@H](C(F)(F)F)O2. The number of carbonyl (C=O) groups excluding carboxylic acids is 1. The molecular formula is C15H12ClF3N2O9. The predicted molar refractivity (Wildman–Crippen MR) is 90.4 cm³/mol. The fourth-order valence-corrected chi connectivity index (χ4v) is 2.57. The summed E-state index contributed by atoms with van der Waals surface area (Å²) in [4.78, 5) is 41.0. The normalized spacial score (nSPS) is 17.4. The Morgan fingerprint density at radius 1 is 1.30 bits per heavy atom. The molecule has 2 rings (SSSR count). The molecule has 1 heterocycles. The van der Waals surface area contributed by atoms with E-state index in [-0.39, 0.29) is 11.1 Å². The van der Waals surface area contributed by atoms with Crippen molar-refractivity contribution in [1.29, 1.82) is 0 Å². The van der Waals surface area contributed by atoms with Gasteiger partial charge >= 0.3 is 12.1 Å². The number of carbonyl (C=O) groups is 1. The van der Waals surface area contributed by atoms with Gasteiger partial charge in [0.15, 0.2) is 0 Å². The number of nitrogens with zero attached hydrogens (tertiary/aromatic N) is 2. The van der Waals surface area contributed by atoms with Crippen LogP contribution in [0.1, 0.15) is 15.2 Å². The number of halogens is 4. The molecule has 1 aromatic carbocycles. The molecular weight excluding hydrogens is 445 g/mol. The Morgan fingerprint density at radius 3 is 2.40 bits per heavy atom. The van der Waals surface area contributed by atoms with Gasteiger partial charge in [-0.05, 0) is 30.6 Å². The molecule has 0 aliphatic carbocycles. The first-order chi connectivity index (χ1) is 15.1. The fraction of sp³-hybridized carbons (Fsp3) is 0.400. The van der Waals surface area contributed by atoms with Crippen molar-refractivity contribution < 1.29 is 51.4 Å². The lowest BCUT2D eigenvalue weighted by molar-refractivity contribution is -0.768. The third-order valence-corrected chi connectivity index (χ3v) is 3.72. The van der Waals surface area contributed by atoms with E-state index in [0.29, 0.717) is 6.08 Å². The first kappa shape index (κ1) is 18.7. The van der Waals surface area contributed by atoms with Gasteiger partial charge in [-0.25, -0.2) is 4.79 Å². The minimum Gasteiger partial charge on any atom is -0.474 e. The number of benzene rings is 1. The largest absolute Gasteiger partial charge is 0.474 e. The van der Waals surface area contributed by atoms with Crippen LogP contribution in [0.15, 0.2) is 17.7 Å². The third kappa shape index (κ3) is 5.85. The first-order valence-electron chi connectivity index (χ1n) is 9.14. The van der Waals surface area contributed by atoms with E-state index in [9.17, 15) is 38.2 Å². The number of hydrogen-bond donors (Lipinski definition) is 0. The van der Waals surface area contributed by atoms with E-state index in [4.69, 9.17) is 20.5 Å². The average Bonchev–Trinajstić information content (AvgIpc) is 2.67. The number of ether oxygens (including phenoxy) is 2. The van der Waals surface area contributed by atoms with E-state index in [1.54, 1.807) is 0 Å². The molecule has 0 N–H and O–H groups in total. The summed E-state index contributed by atoms with van der Waals surface area (Å²) in [6.07, 6.45) is -9.33. The van der Waals surface area contributed by atoms with Crippen molar-refractivity contribution in [2.24, 2.45) is 0 Å². The molecule has 15 heteroatoms. The van der Waals surface area contributed by atoms with Crippen LogP contribution in [-0.4, -0.2) is 47.7 Å². The molecule has 0 saturated carbocycles. The molecule has 0 bridgehead atoms. The Labute approximate surface area is 174 Å². The summed E-state index contributed by atoms with van der Waals surface area (Å²) in [5, 5.41) is 17.5. The van der Waals surface area contributed by atoms with Crippen LogP contribution in [0, 0.1) is 27.1 Å². The molecule has 164 valence electrons. The summed E-state index contributed by atoms with van der Waals surface area (Å²) in [5.74, 6) is -2.28. The quantitative estimate of drug-likeness (QED) is 0.326. The van der Waals surface area contributed by atoms with Crippen molar-refractivity contribution in [3.8, 4) is 5.75 Å². The van der Waals surface area contributed by atoms with Crippen molar-refractivity contribution >= 4 is 23.6 Å². The van der Waals surface area contributed by atoms with Gasteiger partial charge in [0, 0.05) is 9.68 Å². The number of rotatable bonds is 8. The molecule has 0 unspecified atom stereocenters. The van der Waals surface area contributed by atoms with Crippen molar-refractivity contribution in [1.82, 2.24) is 0 Å². The number of esters is 1. The smallest absolute Gasteiger partial charge is 0.430 e. The predicted octanol–water partition coefficient (Wildman–Crippen LogP) is 2.68. The van der Waals surface area contributed by atoms with E-state index < -0.39 is 70.9 Å². The molecule has 0 spiro atoms. The fourth-order valence-electron chi connectivity index (χ4n) is 2.30. The van der Waals surface area contributed by atoms with E-state index in [1.165, 1.54) is 0 Å². The van der Waals surface area contributed by atoms with Gasteiger partial charge in [0.05, 0.1) is 10.6 Å². The standard InChI is InChI=1S/C15H12ClF3N2O9/c1-7-2-8-4-10(13(15(17,18)19)30-12(8)11(16)3-7)14(22)29-9(5-27-20(23)24)6-28-21(25)26/h2-4,9,13H,5-6H2,1H3/t13-/m0/s1/i1D3. The molecule has 11 nitrogen and oxygen atoms in total. The topological polar surface area (TPSA) is 140 Å². The van der Waals surface area contributed by atoms with Crippen molar-refractivity contribution in [2.45, 2.75) is 25.2 Å². The van der Waals surface area contributed by atoms with Crippen LogP contribution in [0.4, 0.5) is 13.2 Å². The second-order valence-electron chi connectivity index (χ2n) is 5.58. The lowest BCUT2D eigenvalue weighted by Gasteiger charge is -2.29. The highest BCUT2D eigenvalue weighted by Crippen LogP contribution is 2.41. The Hall–Kier alpha value is -3.29. The van der Waals surface area contributed by atoms with Gasteiger partial charge in [-0.3, -0.25) is 0 Å². The maximum atomic E-state index is 13.6. The summed E-state index contributed by atoms with van der Waals surface area (Å²) in [6.45, 7) is -4.88. The molecule has 0 aromatic heterocycles. The summed E-state index contributed by atoms with van der Waals surface area (Å²) < 4.78 is 72.4. The average molecular weight is 460 g/mol. The summed E-state index contributed by atoms with van der Waals surface area (Å²) in [6, 6.07) is 1.81. The second kappa shape index (κ2) is 9.02. The van der Waals surface area contributed by atoms with Gasteiger partial charge in [-0.2, -0.15) is 13.2 Å². The summed E-state index contributed by atoms with van der Waals surface area (Å²) in [5.41, 5.74) is -1.83. The zero-order valence-corrected chi connectivity index (χ0v) is 15.1. The molecule has 0 saturated heterocycles. The van der Waals surface area contributed by atoms with Crippen LogP contribution in [0.3, 0.4) is 0 Å². The number of aryl methyl sites for hydroxylation is 1. The van der Waals surface area contributed by atoms with E-state index in [1.807, 2.05) is 0 Å². The van der Waals surface area contributed by atoms with Gasteiger partial charge in [-0.1, -0.05) is 11.6 Å². The maximum absolute atomic E-state index is 13.6.